The van der Waals surface area contributed by atoms with Crippen LogP contribution in [0.25, 0.3) is 0 Å². The maximum atomic E-state index is 12.9. The van der Waals surface area contributed by atoms with E-state index < -0.39 is 15.6 Å². The standard InChI is InChI=1S/C18H30ClNO3S/c1-8-9-23-15-10-13(2)14(19)11-16(15)24(21,22)20-18(6,7)12-17(3,4)5/h10-11,20H,8-9,12H2,1-7H3. The predicted molar refractivity (Wildman–Crippen MR) is 100 cm³/mol. The molecule has 0 spiro atoms. The van der Waals surface area contributed by atoms with Gasteiger partial charge in [-0.1, -0.05) is 39.3 Å². The zero-order chi connectivity index (χ0) is 18.8. The van der Waals surface area contributed by atoms with E-state index in [1.54, 1.807) is 6.07 Å². The Morgan fingerprint density at radius 2 is 1.75 bits per heavy atom. The summed E-state index contributed by atoms with van der Waals surface area (Å²) >= 11 is 6.16. The molecule has 4 nitrogen and oxygen atoms in total. The molecule has 1 N–H and O–H groups in total. The van der Waals surface area contributed by atoms with Crippen LogP contribution in [-0.2, 0) is 10.0 Å². The highest BCUT2D eigenvalue weighted by molar-refractivity contribution is 7.89. The minimum absolute atomic E-state index is 0.00151. The number of hydrogen-bond acceptors (Lipinski definition) is 3. The van der Waals surface area contributed by atoms with Gasteiger partial charge in [-0.2, -0.15) is 0 Å². The maximum Gasteiger partial charge on any atom is 0.244 e. The zero-order valence-electron chi connectivity index (χ0n) is 15.8. The second-order valence-electron chi connectivity index (χ2n) is 8.12. The first kappa shape index (κ1) is 21.3. The summed E-state index contributed by atoms with van der Waals surface area (Å²) in [6.07, 6.45) is 1.49. The van der Waals surface area contributed by atoms with Gasteiger partial charge >= 0.3 is 0 Å². The molecule has 0 aliphatic rings. The Bertz CT molecular complexity index is 676. The SMILES string of the molecule is CCCOc1cc(C)c(Cl)cc1S(=O)(=O)NC(C)(C)CC(C)(C)C. The third-order valence-corrected chi connectivity index (χ3v) is 5.49. The quantitative estimate of drug-likeness (QED) is 0.735. The predicted octanol–water partition coefficient (Wildman–Crippen LogP) is 4.93. The first-order chi connectivity index (χ1) is 10.8. The van der Waals surface area contributed by atoms with E-state index in [9.17, 15) is 8.42 Å². The summed E-state index contributed by atoms with van der Waals surface area (Å²) in [7, 11) is -3.75. The molecule has 0 radical (unpaired) electrons. The van der Waals surface area contributed by atoms with Crippen LogP contribution < -0.4 is 9.46 Å². The average Bonchev–Trinajstić information content (AvgIpc) is 2.35. The number of sulfonamides is 1. The number of benzene rings is 1. The van der Waals surface area contributed by atoms with Crippen molar-refractivity contribution < 1.29 is 13.2 Å². The number of ether oxygens (including phenoxy) is 1. The van der Waals surface area contributed by atoms with Gasteiger partial charge in [0.25, 0.3) is 0 Å². The summed E-state index contributed by atoms with van der Waals surface area (Å²) in [6, 6.07) is 3.15. The molecule has 0 aliphatic carbocycles. The van der Waals surface area contributed by atoms with E-state index in [4.69, 9.17) is 16.3 Å². The van der Waals surface area contributed by atoms with E-state index in [0.29, 0.717) is 23.8 Å². The van der Waals surface area contributed by atoms with Crippen molar-refractivity contribution in [1.82, 2.24) is 4.72 Å². The Hall–Kier alpha value is -0.780. The molecule has 1 aromatic carbocycles. The third kappa shape index (κ3) is 6.26. The summed E-state index contributed by atoms with van der Waals surface area (Å²) < 4.78 is 34.3. The molecule has 6 heteroatoms. The Balaban J connectivity index is 3.24. The fraction of sp³-hybridized carbons (Fsp3) is 0.667. The summed E-state index contributed by atoms with van der Waals surface area (Å²) in [5.41, 5.74) is 0.199. The fourth-order valence-corrected chi connectivity index (χ4v) is 4.75. The molecule has 0 aromatic heterocycles. The third-order valence-electron chi connectivity index (χ3n) is 3.36. The highest BCUT2D eigenvalue weighted by Crippen LogP contribution is 2.33. The van der Waals surface area contributed by atoms with E-state index >= 15 is 0 Å². The van der Waals surface area contributed by atoms with Crippen LogP contribution >= 0.6 is 11.6 Å². The Morgan fingerprint density at radius 1 is 1.17 bits per heavy atom. The van der Waals surface area contributed by atoms with Crippen LogP contribution in [0.2, 0.25) is 5.02 Å². The van der Waals surface area contributed by atoms with Crippen LogP contribution in [-0.4, -0.2) is 20.6 Å². The molecule has 24 heavy (non-hydrogen) atoms. The summed E-state index contributed by atoms with van der Waals surface area (Å²) in [6.45, 7) is 14.3. The molecule has 1 aromatic rings. The number of halogens is 1. The minimum Gasteiger partial charge on any atom is -0.492 e. The lowest BCUT2D eigenvalue weighted by molar-refractivity contribution is 0.268. The molecular formula is C18H30ClNO3S. The van der Waals surface area contributed by atoms with Gasteiger partial charge in [-0.15, -0.1) is 0 Å². The van der Waals surface area contributed by atoms with Crippen LogP contribution in [0.15, 0.2) is 17.0 Å². The van der Waals surface area contributed by atoms with Gasteiger partial charge in [0.05, 0.1) is 6.61 Å². The van der Waals surface area contributed by atoms with E-state index in [1.807, 2.05) is 27.7 Å². The van der Waals surface area contributed by atoms with Crippen LogP contribution in [0.5, 0.6) is 5.75 Å². The second kappa shape index (κ2) is 7.63. The lowest BCUT2D eigenvalue weighted by atomic mass is 9.82. The minimum atomic E-state index is -3.75. The summed E-state index contributed by atoms with van der Waals surface area (Å²) in [5.74, 6) is 0.345. The highest BCUT2D eigenvalue weighted by atomic mass is 35.5. The molecule has 0 saturated carbocycles. The van der Waals surface area contributed by atoms with Gasteiger partial charge in [0.1, 0.15) is 10.6 Å². The molecular weight excluding hydrogens is 346 g/mol. The number of rotatable bonds is 7. The molecule has 0 heterocycles. The molecule has 0 bridgehead atoms. The normalized spacial score (nSPS) is 13.2. The molecule has 0 unspecified atom stereocenters. The van der Waals surface area contributed by atoms with Gasteiger partial charge in [-0.3, -0.25) is 0 Å². The Kier molecular flexibility index (Phi) is 6.76. The van der Waals surface area contributed by atoms with Crippen molar-refractivity contribution >= 4 is 21.6 Å². The van der Waals surface area contributed by atoms with Crippen molar-refractivity contribution in [2.75, 3.05) is 6.61 Å². The van der Waals surface area contributed by atoms with Crippen molar-refractivity contribution in [3.05, 3.63) is 22.7 Å². The molecule has 138 valence electrons. The first-order valence-electron chi connectivity index (χ1n) is 8.24. The van der Waals surface area contributed by atoms with Gasteiger partial charge in [-0.05, 0) is 56.7 Å². The maximum absolute atomic E-state index is 12.9. The van der Waals surface area contributed by atoms with Crippen molar-refractivity contribution in [3.63, 3.8) is 0 Å². The van der Waals surface area contributed by atoms with Crippen molar-refractivity contribution in [1.29, 1.82) is 0 Å². The van der Waals surface area contributed by atoms with Crippen LogP contribution in [0.1, 0.15) is 59.9 Å². The van der Waals surface area contributed by atoms with Gasteiger partial charge in [0, 0.05) is 10.6 Å². The highest BCUT2D eigenvalue weighted by Gasteiger charge is 2.32. The van der Waals surface area contributed by atoms with Crippen molar-refractivity contribution in [2.24, 2.45) is 5.41 Å². The van der Waals surface area contributed by atoms with Gasteiger partial charge < -0.3 is 4.74 Å². The number of hydrogen-bond donors (Lipinski definition) is 1. The summed E-state index contributed by atoms with van der Waals surface area (Å²) in [5, 5.41) is 0.410. The smallest absolute Gasteiger partial charge is 0.244 e. The van der Waals surface area contributed by atoms with Crippen molar-refractivity contribution in [3.8, 4) is 5.75 Å². The Labute approximate surface area is 152 Å². The van der Waals surface area contributed by atoms with Crippen LogP contribution in [0.4, 0.5) is 0 Å². The largest absolute Gasteiger partial charge is 0.492 e. The average molecular weight is 376 g/mol. The van der Waals surface area contributed by atoms with Gasteiger partial charge in [-0.25, -0.2) is 13.1 Å². The van der Waals surface area contributed by atoms with E-state index in [-0.39, 0.29) is 10.3 Å². The lowest BCUT2D eigenvalue weighted by Crippen LogP contribution is -2.45. The second-order valence-corrected chi connectivity index (χ2v) is 10.2. The molecule has 0 amide bonds. The van der Waals surface area contributed by atoms with E-state index in [0.717, 1.165) is 12.0 Å². The Morgan fingerprint density at radius 3 is 2.25 bits per heavy atom. The van der Waals surface area contributed by atoms with E-state index in [2.05, 4.69) is 25.5 Å². The van der Waals surface area contributed by atoms with E-state index in [1.165, 1.54) is 6.07 Å². The lowest BCUT2D eigenvalue weighted by Gasteiger charge is -2.33. The van der Waals surface area contributed by atoms with Crippen LogP contribution in [0.3, 0.4) is 0 Å². The summed E-state index contributed by atoms with van der Waals surface area (Å²) in [4.78, 5) is 0.0912. The number of nitrogens with one attached hydrogen (secondary N) is 1. The van der Waals surface area contributed by atoms with Crippen LogP contribution in [0, 0.1) is 12.3 Å². The fourth-order valence-electron chi connectivity index (χ4n) is 2.95. The molecule has 0 aliphatic heterocycles. The first-order valence-corrected chi connectivity index (χ1v) is 10.1. The zero-order valence-corrected chi connectivity index (χ0v) is 17.4. The monoisotopic (exact) mass is 375 g/mol. The molecule has 0 saturated heterocycles. The number of aryl methyl sites for hydroxylation is 1. The topological polar surface area (TPSA) is 55.4 Å². The molecule has 0 fully saturated rings. The van der Waals surface area contributed by atoms with Gasteiger partial charge in [0.2, 0.25) is 10.0 Å². The molecule has 1 rings (SSSR count). The van der Waals surface area contributed by atoms with Crippen molar-refractivity contribution in [2.45, 2.75) is 71.7 Å². The van der Waals surface area contributed by atoms with Gasteiger partial charge in [0.15, 0.2) is 0 Å². The molecule has 0 atom stereocenters.